The second-order valence-corrected chi connectivity index (χ2v) is 8.32. The Morgan fingerprint density at radius 2 is 2.11 bits per heavy atom. The zero-order valence-electron chi connectivity index (χ0n) is 14.7. The lowest BCUT2D eigenvalue weighted by atomic mass is 10.0. The Labute approximate surface area is 170 Å². The van der Waals surface area contributed by atoms with E-state index in [1.807, 2.05) is 35.9 Å². The second-order valence-electron chi connectivity index (χ2n) is 6.78. The molecule has 2 aliphatic rings. The topological polar surface area (TPSA) is 44.7 Å². The van der Waals surface area contributed by atoms with Gasteiger partial charge in [-0.3, -0.25) is 9.89 Å². The fourth-order valence-electron chi connectivity index (χ4n) is 3.73. The zero-order chi connectivity index (χ0) is 19.3. The van der Waals surface area contributed by atoms with Crippen LogP contribution in [0.2, 0.25) is 4.34 Å². The first-order valence-electron chi connectivity index (χ1n) is 8.86. The van der Waals surface area contributed by atoms with E-state index in [2.05, 4.69) is 10.3 Å². The molecule has 2 aliphatic heterocycles. The summed E-state index contributed by atoms with van der Waals surface area (Å²) in [6.45, 7) is 0.419. The normalized spacial score (nSPS) is 17.9. The zero-order valence-corrected chi connectivity index (χ0v) is 16.2. The van der Waals surface area contributed by atoms with Gasteiger partial charge in [0.25, 0.3) is 0 Å². The lowest BCUT2D eigenvalue weighted by molar-refractivity contribution is 0.251. The maximum absolute atomic E-state index is 14.8. The van der Waals surface area contributed by atoms with E-state index in [9.17, 15) is 9.18 Å². The third kappa shape index (κ3) is 2.89. The molecule has 1 unspecified atom stereocenters. The Kier molecular flexibility index (Phi) is 4.18. The predicted octanol–water partition coefficient (Wildman–Crippen LogP) is 5.74. The number of nitrogens with one attached hydrogen (secondary N) is 1. The average molecular weight is 412 g/mol. The summed E-state index contributed by atoms with van der Waals surface area (Å²) < 4.78 is 15.4. The third-order valence-corrected chi connectivity index (χ3v) is 6.21. The molecular formula is C21H15ClFN3OS. The molecule has 1 atom stereocenters. The number of hydrogen-bond donors (Lipinski definition) is 1. The number of hydrogen-bond acceptors (Lipinski definition) is 3. The van der Waals surface area contributed by atoms with Crippen molar-refractivity contribution >= 4 is 46.6 Å². The van der Waals surface area contributed by atoms with Crippen molar-refractivity contribution in [3.63, 3.8) is 0 Å². The van der Waals surface area contributed by atoms with Crippen LogP contribution in [0.5, 0.6) is 0 Å². The summed E-state index contributed by atoms with van der Waals surface area (Å²) in [6, 6.07) is 12.2. The molecule has 1 fully saturated rings. The molecule has 4 nitrogen and oxygen atoms in total. The van der Waals surface area contributed by atoms with Crippen molar-refractivity contribution < 1.29 is 9.18 Å². The van der Waals surface area contributed by atoms with Gasteiger partial charge in [-0.1, -0.05) is 29.8 Å². The summed E-state index contributed by atoms with van der Waals surface area (Å²) in [5, 5.41) is 4.70. The highest BCUT2D eigenvalue weighted by Gasteiger charge is 2.34. The fraction of sp³-hybridized carbons (Fsp3) is 0.143. The molecule has 1 aromatic heterocycles. The maximum Gasteiger partial charge on any atom is 0.322 e. The molecule has 140 valence electrons. The van der Waals surface area contributed by atoms with Crippen LogP contribution in [0.25, 0.3) is 11.1 Å². The van der Waals surface area contributed by atoms with Crippen molar-refractivity contribution in [1.82, 2.24) is 5.32 Å². The number of carbonyl (C=O) groups is 1. The number of fused-ring (bicyclic) bond motifs is 1. The Balaban J connectivity index is 1.50. The SMILES string of the molecule is O=C1NCC(c2ccc(-c3csc(Cl)c3)c(F)c2)N1c1ccc2c(c1)N=CC2. The molecule has 7 heteroatoms. The van der Waals surface area contributed by atoms with Crippen molar-refractivity contribution in [3.05, 3.63) is 69.1 Å². The first-order valence-corrected chi connectivity index (χ1v) is 10.1. The number of aliphatic imine (C=N–C) groups is 1. The van der Waals surface area contributed by atoms with Crippen LogP contribution in [0.1, 0.15) is 17.2 Å². The highest BCUT2D eigenvalue weighted by atomic mass is 35.5. The van der Waals surface area contributed by atoms with Crippen LogP contribution in [0.15, 0.2) is 52.8 Å². The smallest absolute Gasteiger partial charge is 0.322 e. The van der Waals surface area contributed by atoms with Gasteiger partial charge in [-0.25, -0.2) is 9.18 Å². The van der Waals surface area contributed by atoms with Gasteiger partial charge in [-0.05, 0) is 41.0 Å². The fourth-order valence-corrected chi connectivity index (χ4v) is 4.61. The molecule has 2 amide bonds. The minimum atomic E-state index is -0.329. The Bertz CT molecular complexity index is 1130. The number of urea groups is 1. The standard InChI is InChI=1S/C21H15ClFN3OS/c22-20-8-14(11-28-20)16-4-2-13(7-17(16)23)19-10-25-21(27)26(19)15-3-1-12-5-6-24-18(12)9-15/h1-4,6-9,11,19H,5,10H2,(H,25,27). The molecule has 0 spiro atoms. The van der Waals surface area contributed by atoms with E-state index in [1.165, 1.54) is 17.4 Å². The minimum absolute atomic E-state index is 0.193. The average Bonchev–Trinajstić information content (AvgIpc) is 3.40. The van der Waals surface area contributed by atoms with Gasteiger partial charge >= 0.3 is 6.03 Å². The molecule has 1 N–H and O–H groups in total. The molecule has 28 heavy (non-hydrogen) atoms. The van der Waals surface area contributed by atoms with Gasteiger partial charge in [-0.15, -0.1) is 11.3 Å². The van der Waals surface area contributed by atoms with Crippen LogP contribution < -0.4 is 10.2 Å². The summed E-state index contributed by atoms with van der Waals surface area (Å²) in [4.78, 5) is 18.5. The summed E-state index contributed by atoms with van der Waals surface area (Å²) >= 11 is 7.34. The second kappa shape index (κ2) is 6.72. The van der Waals surface area contributed by atoms with E-state index >= 15 is 0 Å². The summed E-state index contributed by atoms with van der Waals surface area (Å²) in [7, 11) is 0. The van der Waals surface area contributed by atoms with Gasteiger partial charge in [0.05, 0.1) is 16.1 Å². The van der Waals surface area contributed by atoms with Crippen molar-refractivity contribution in [3.8, 4) is 11.1 Å². The van der Waals surface area contributed by atoms with E-state index in [0.29, 0.717) is 16.4 Å². The highest BCUT2D eigenvalue weighted by molar-refractivity contribution is 7.14. The molecular weight excluding hydrogens is 397 g/mol. The van der Waals surface area contributed by atoms with Gasteiger partial charge in [0, 0.05) is 35.8 Å². The van der Waals surface area contributed by atoms with Crippen molar-refractivity contribution in [1.29, 1.82) is 0 Å². The number of thiophene rings is 1. The molecule has 0 bridgehead atoms. The van der Waals surface area contributed by atoms with E-state index in [1.54, 1.807) is 17.0 Å². The first-order chi connectivity index (χ1) is 13.6. The lowest BCUT2D eigenvalue weighted by Crippen LogP contribution is -2.29. The maximum atomic E-state index is 14.8. The molecule has 5 rings (SSSR count). The minimum Gasteiger partial charge on any atom is -0.335 e. The number of anilines is 1. The molecule has 2 aromatic carbocycles. The van der Waals surface area contributed by atoms with E-state index in [4.69, 9.17) is 11.6 Å². The Morgan fingerprint density at radius 3 is 2.89 bits per heavy atom. The largest absolute Gasteiger partial charge is 0.335 e. The molecule has 0 radical (unpaired) electrons. The highest BCUT2D eigenvalue weighted by Crippen LogP contribution is 2.37. The first kappa shape index (κ1) is 17.4. The van der Waals surface area contributed by atoms with Crippen LogP contribution in [-0.4, -0.2) is 18.8 Å². The predicted molar refractivity (Wildman–Crippen MR) is 112 cm³/mol. The number of halogens is 2. The van der Waals surface area contributed by atoms with Crippen molar-refractivity contribution in [2.24, 2.45) is 4.99 Å². The van der Waals surface area contributed by atoms with E-state index in [-0.39, 0.29) is 17.9 Å². The van der Waals surface area contributed by atoms with Gasteiger partial charge in [-0.2, -0.15) is 0 Å². The number of carbonyl (C=O) groups excluding carboxylic acids is 1. The summed E-state index contributed by atoms with van der Waals surface area (Å²) in [5.74, 6) is -0.329. The Morgan fingerprint density at radius 1 is 1.21 bits per heavy atom. The van der Waals surface area contributed by atoms with Gasteiger partial charge < -0.3 is 5.32 Å². The number of rotatable bonds is 3. The Hall–Kier alpha value is -2.70. The monoisotopic (exact) mass is 411 g/mol. The molecule has 0 aliphatic carbocycles. The number of nitrogens with zero attached hydrogens (tertiary/aromatic N) is 2. The van der Waals surface area contributed by atoms with Crippen LogP contribution >= 0.6 is 22.9 Å². The van der Waals surface area contributed by atoms with Gasteiger partial charge in [0.15, 0.2) is 0 Å². The quantitative estimate of drug-likeness (QED) is 0.587. The molecule has 0 saturated carbocycles. The van der Waals surface area contributed by atoms with Crippen LogP contribution in [0, 0.1) is 5.82 Å². The third-order valence-electron chi connectivity index (χ3n) is 5.12. The van der Waals surface area contributed by atoms with Gasteiger partial charge in [0.1, 0.15) is 5.82 Å². The number of benzene rings is 2. The lowest BCUT2D eigenvalue weighted by Gasteiger charge is -2.24. The molecule has 3 aromatic rings. The number of amides is 2. The summed E-state index contributed by atoms with van der Waals surface area (Å²) in [6.07, 6.45) is 2.67. The van der Waals surface area contributed by atoms with Gasteiger partial charge in [0.2, 0.25) is 0 Å². The van der Waals surface area contributed by atoms with Crippen molar-refractivity contribution in [2.45, 2.75) is 12.5 Å². The van der Waals surface area contributed by atoms with E-state index in [0.717, 1.165) is 34.5 Å². The van der Waals surface area contributed by atoms with Crippen molar-refractivity contribution in [2.75, 3.05) is 11.4 Å². The van der Waals surface area contributed by atoms with Crippen LogP contribution in [0.3, 0.4) is 0 Å². The molecule has 3 heterocycles. The summed E-state index contributed by atoms with van der Waals surface area (Å²) in [5.41, 5.74) is 4.78. The molecule has 1 saturated heterocycles. The van der Waals surface area contributed by atoms with E-state index < -0.39 is 0 Å². The van der Waals surface area contributed by atoms with Crippen LogP contribution in [0.4, 0.5) is 20.6 Å². The van der Waals surface area contributed by atoms with Crippen LogP contribution in [-0.2, 0) is 6.42 Å².